The Hall–Kier alpha value is -6.64. The summed E-state index contributed by atoms with van der Waals surface area (Å²) in [6.07, 6.45) is 6.07. The lowest BCUT2D eigenvalue weighted by molar-refractivity contribution is 0.346. The lowest BCUT2D eigenvalue weighted by Gasteiger charge is -2.39. The van der Waals surface area contributed by atoms with Crippen LogP contribution in [0, 0.1) is 27.7 Å². The molecule has 1 fully saturated rings. The minimum atomic E-state index is -0.0439. The molecule has 0 bridgehead atoms. The van der Waals surface area contributed by atoms with E-state index in [9.17, 15) is 0 Å². The molecule has 0 unspecified atom stereocenters. The molecule has 2 nitrogen and oxygen atoms in total. The van der Waals surface area contributed by atoms with E-state index < -0.39 is 0 Å². The molecule has 0 N–H and O–H groups in total. The zero-order valence-electron chi connectivity index (χ0n) is 38.1. The number of hydrogen-bond donors (Lipinski definition) is 0. The molecule has 9 rings (SSSR count). The predicted molar refractivity (Wildman–Crippen MR) is 272 cm³/mol. The van der Waals surface area contributed by atoms with Crippen LogP contribution in [0.15, 0.2) is 206 Å². The van der Waals surface area contributed by atoms with Crippen molar-refractivity contribution in [1.29, 1.82) is 0 Å². The molecule has 0 atom stereocenters. The molecule has 0 aliphatic heterocycles. The second-order valence-corrected chi connectivity index (χ2v) is 18.3. The van der Waals surface area contributed by atoms with E-state index >= 15 is 0 Å². The van der Waals surface area contributed by atoms with Gasteiger partial charge in [-0.15, -0.1) is 0 Å². The van der Waals surface area contributed by atoms with Gasteiger partial charge in [-0.05, 0) is 121 Å². The van der Waals surface area contributed by atoms with Crippen LogP contribution in [-0.4, -0.2) is 13.1 Å². The SMILES string of the molecule is Cc1ccc(N(CC(c2ccccc2)c2ccccc2)c2ccc(C3(c4ccc(N(CC(c5ccccc5)c5ccccc5)c5ccc(C)cc5C)cc4)CCCCC3)cc2)c(C)c1. The Labute approximate surface area is 382 Å². The highest BCUT2D eigenvalue weighted by atomic mass is 15.1. The van der Waals surface area contributed by atoms with Crippen LogP contribution in [0.4, 0.5) is 22.7 Å². The first-order chi connectivity index (χ1) is 31.4. The molecule has 2 heteroatoms. The summed E-state index contributed by atoms with van der Waals surface area (Å²) < 4.78 is 0. The number of nitrogens with zero attached hydrogens (tertiary/aromatic N) is 2. The number of anilines is 4. The molecule has 0 saturated heterocycles. The Morgan fingerprint density at radius 1 is 0.375 bits per heavy atom. The topological polar surface area (TPSA) is 6.48 Å². The van der Waals surface area contributed by atoms with Crippen molar-refractivity contribution >= 4 is 22.7 Å². The highest BCUT2D eigenvalue weighted by molar-refractivity contribution is 5.70. The zero-order chi connectivity index (χ0) is 43.9. The molecule has 64 heavy (non-hydrogen) atoms. The second kappa shape index (κ2) is 19.4. The number of hydrogen-bond acceptors (Lipinski definition) is 2. The molecule has 0 aromatic heterocycles. The molecule has 0 spiro atoms. The van der Waals surface area contributed by atoms with Crippen LogP contribution in [0.5, 0.6) is 0 Å². The molecule has 8 aromatic rings. The van der Waals surface area contributed by atoms with E-state index in [1.54, 1.807) is 0 Å². The van der Waals surface area contributed by atoms with Crippen molar-refractivity contribution in [2.45, 2.75) is 77.0 Å². The monoisotopic (exact) mass is 834 g/mol. The Kier molecular flexibility index (Phi) is 12.9. The van der Waals surface area contributed by atoms with Crippen molar-refractivity contribution < 1.29 is 0 Å². The lowest BCUT2D eigenvalue weighted by atomic mass is 9.65. The van der Waals surface area contributed by atoms with Crippen LogP contribution >= 0.6 is 0 Å². The quantitative estimate of drug-likeness (QED) is 0.108. The van der Waals surface area contributed by atoms with Crippen LogP contribution < -0.4 is 9.80 Å². The maximum Gasteiger partial charge on any atom is 0.0440 e. The largest absolute Gasteiger partial charge is 0.340 e. The van der Waals surface area contributed by atoms with Crippen LogP contribution in [0.2, 0.25) is 0 Å². The summed E-state index contributed by atoms with van der Waals surface area (Å²) >= 11 is 0. The van der Waals surface area contributed by atoms with Crippen LogP contribution in [0.25, 0.3) is 0 Å². The third-order valence-electron chi connectivity index (χ3n) is 14.0. The summed E-state index contributed by atoms with van der Waals surface area (Å²) in [6.45, 7) is 10.6. The Balaban J connectivity index is 1.08. The smallest absolute Gasteiger partial charge is 0.0440 e. The maximum absolute atomic E-state index is 2.56. The summed E-state index contributed by atoms with van der Waals surface area (Å²) in [7, 11) is 0. The standard InChI is InChI=1S/C62H62N2/c1-46-28-38-60(48(3)42-46)63(44-58(50-20-10-5-11-21-50)51-22-12-6-13-23-51)56-34-30-54(31-35-56)62(40-18-9-19-41-62)55-32-36-57(37-33-55)64(61-39-29-47(2)43-49(61)4)45-59(52-24-14-7-15-25-52)53-26-16-8-17-27-53/h5-8,10-17,20-39,42-43,58-59H,9,18-19,40-41,44-45H2,1-4H3. The van der Waals surface area contributed by atoms with E-state index in [0.29, 0.717) is 0 Å². The third-order valence-corrected chi connectivity index (χ3v) is 14.0. The van der Waals surface area contributed by atoms with Gasteiger partial charge in [0.05, 0.1) is 0 Å². The van der Waals surface area contributed by atoms with Crippen LogP contribution in [0.3, 0.4) is 0 Å². The normalized spacial score (nSPS) is 13.5. The summed E-state index contributed by atoms with van der Waals surface area (Å²) in [5, 5.41) is 0. The van der Waals surface area contributed by atoms with Crippen LogP contribution in [0.1, 0.15) is 99.6 Å². The first kappa shape index (κ1) is 42.7. The van der Waals surface area contributed by atoms with Crippen LogP contribution in [-0.2, 0) is 5.41 Å². The van der Waals surface area contributed by atoms with Gasteiger partial charge in [0.2, 0.25) is 0 Å². The highest BCUT2D eigenvalue weighted by Gasteiger charge is 2.36. The molecule has 0 radical (unpaired) electrons. The molecule has 1 saturated carbocycles. The van der Waals surface area contributed by atoms with Gasteiger partial charge in [-0.25, -0.2) is 0 Å². The van der Waals surface area contributed by atoms with Crippen molar-refractivity contribution in [3.05, 3.63) is 262 Å². The third kappa shape index (κ3) is 9.20. The van der Waals surface area contributed by atoms with Crippen molar-refractivity contribution in [1.82, 2.24) is 0 Å². The maximum atomic E-state index is 2.56. The fraction of sp³-hybridized carbons (Fsp3) is 0.226. The van der Waals surface area contributed by atoms with Crippen molar-refractivity contribution in [2.75, 3.05) is 22.9 Å². The molecular formula is C62H62N2. The van der Waals surface area contributed by atoms with Gasteiger partial charge in [-0.3, -0.25) is 0 Å². The van der Waals surface area contributed by atoms with Gasteiger partial charge in [-0.1, -0.05) is 200 Å². The minimum absolute atomic E-state index is 0.0439. The Morgan fingerprint density at radius 3 is 1.02 bits per heavy atom. The summed E-state index contributed by atoms with van der Waals surface area (Å²) in [6, 6.07) is 77.4. The molecule has 0 heterocycles. The van der Waals surface area contributed by atoms with E-state index in [-0.39, 0.29) is 17.3 Å². The van der Waals surface area contributed by atoms with Gasteiger partial charge in [0.15, 0.2) is 0 Å². The molecule has 1 aliphatic rings. The highest BCUT2D eigenvalue weighted by Crippen LogP contribution is 2.47. The zero-order valence-corrected chi connectivity index (χ0v) is 38.1. The van der Waals surface area contributed by atoms with Gasteiger partial charge in [0.1, 0.15) is 0 Å². The van der Waals surface area contributed by atoms with Gasteiger partial charge in [0, 0.05) is 53.1 Å². The van der Waals surface area contributed by atoms with Gasteiger partial charge >= 0.3 is 0 Å². The second-order valence-electron chi connectivity index (χ2n) is 18.3. The first-order valence-electron chi connectivity index (χ1n) is 23.5. The fourth-order valence-electron chi connectivity index (χ4n) is 10.6. The predicted octanol–water partition coefficient (Wildman–Crippen LogP) is 16.1. The fourth-order valence-corrected chi connectivity index (χ4v) is 10.6. The Bertz CT molecular complexity index is 2450. The molecule has 0 amide bonds. The van der Waals surface area contributed by atoms with Gasteiger partial charge in [-0.2, -0.15) is 0 Å². The summed E-state index contributed by atoms with van der Waals surface area (Å²) in [5.41, 5.74) is 18.2. The molecular weight excluding hydrogens is 773 g/mol. The Morgan fingerprint density at radius 2 is 0.703 bits per heavy atom. The van der Waals surface area contributed by atoms with E-state index in [2.05, 4.69) is 244 Å². The van der Waals surface area contributed by atoms with E-state index in [1.807, 2.05) is 0 Å². The summed E-state index contributed by atoms with van der Waals surface area (Å²) in [5.74, 6) is 0.398. The minimum Gasteiger partial charge on any atom is -0.340 e. The van der Waals surface area contributed by atoms with Crippen molar-refractivity contribution in [2.24, 2.45) is 0 Å². The van der Waals surface area contributed by atoms with Gasteiger partial charge in [0.25, 0.3) is 0 Å². The molecule has 320 valence electrons. The first-order valence-corrected chi connectivity index (χ1v) is 23.5. The van der Waals surface area contributed by atoms with Gasteiger partial charge < -0.3 is 9.80 Å². The average Bonchev–Trinajstić information content (AvgIpc) is 3.34. The average molecular weight is 835 g/mol. The van der Waals surface area contributed by atoms with E-state index in [0.717, 1.165) is 25.9 Å². The molecule has 8 aromatic carbocycles. The van der Waals surface area contributed by atoms with E-state index in [1.165, 1.54) is 97.6 Å². The van der Waals surface area contributed by atoms with Crippen molar-refractivity contribution in [3.8, 4) is 0 Å². The lowest BCUT2D eigenvalue weighted by Crippen LogP contribution is -2.31. The van der Waals surface area contributed by atoms with E-state index in [4.69, 9.17) is 0 Å². The number of aryl methyl sites for hydroxylation is 4. The number of benzene rings is 8. The summed E-state index contributed by atoms with van der Waals surface area (Å²) in [4.78, 5) is 5.12. The number of rotatable bonds is 14. The molecule has 1 aliphatic carbocycles. The van der Waals surface area contributed by atoms with Crippen molar-refractivity contribution in [3.63, 3.8) is 0 Å².